The van der Waals surface area contributed by atoms with Gasteiger partial charge in [0.2, 0.25) is 5.91 Å². The van der Waals surface area contributed by atoms with Gasteiger partial charge in [-0.1, -0.05) is 50.2 Å². The van der Waals surface area contributed by atoms with E-state index in [1.165, 1.54) is 0 Å². The van der Waals surface area contributed by atoms with Crippen LogP contribution in [0.15, 0.2) is 96.0 Å². The van der Waals surface area contributed by atoms with Crippen LogP contribution < -0.4 is 39.0 Å². The maximum Gasteiger partial charge on any atom is 0.260 e. The van der Waals surface area contributed by atoms with Crippen molar-refractivity contribution in [3.05, 3.63) is 124 Å². The maximum absolute atomic E-state index is 14.3. The number of methoxy groups -OCH3 is 3. The number of nitrogens with one attached hydrogen (secondary N) is 1. The number of hydrogen-bond acceptors (Lipinski definition) is 14. The van der Waals surface area contributed by atoms with Crippen molar-refractivity contribution >= 4 is 59.1 Å². The Hall–Kier alpha value is -6.30. The lowest BCUT2D eigenvalue weighted by Gasteiger charge is -2.29. The average Bonchev–Trinajstić information content (AvgIpc) is 3.86. The summed E-state index contributed by atoms with van der Waals surface area (Å²) >= 11 is 4.72. The van der Waals surface area contributed by atoms with Gasteiger partial charge in [0, 0.05) is 78.8 Å². The molecule has 16 heteroatoms. The zero-order valence-corrected chi connectivity index (χ0v) is 41.9. The fraction of sp³-hybridized carbons (Fsp3) is 0.400. The minimum atomic E-state index is -0.962. The van der Waals surface area contributed by atoms with Crippen molar-refractivity contribution in [1.29, 1.82) is 0 Å². The van der Waals surface area contributed by atoms with Crippen molar-refractivity contribution in [3.63, 3.8) is 0 Å². The molecular formula is C55H63N5O10S. The third kappa shape index (κ3) is 11.1. The Labute approximate surface area is 421 Å². The van der Waals surface area contributed by atoms with E-state index in [0.717, 1.165) is 46.5 Å². The van der Waals surface area contributed by atoms with E-state index < -0.39 is 6.23 Å². The Morgan fingerprint density at radius 2 is 1.45 bits per heavy atom. The summed E-state index contributed by atoms with van der Waals surface area (Å²) in [6, 6.07) is 29.0. The molecule has 0 saturated heterocycles. The number of para-hydroxylation sites is 2. The SMILES string of the molecule is COCCOCCOCCN(C(=O)CCC(C)(C)S)c1cc(COc2cc3c(cc2OC)C(O)N2c4ccccc4C[C@H]2C=N3)cc(COc2cc3c(cc2OC)C(=O)N2c4ccccc4CC2CN3)c1. The molecule has 0 fully saturated rings. The summed E-state index contributed by atoms with van der Waals surface area (Å²) in [4.78, 5) is 38.9. The Morgan fingerprint density at radius 1 is 0.803 bits per heavy atom. The van der Waals surface area contributed by atoms with Crippen molar-refractivity contribution in [2.75, 3.05) is 87.5 Å². The Balaban J connectivity index is 1.00. The van der Waals surface area contributed by atoms with Crippen LogP contribution >= 0.6 is 12.6 Å². The van der Waals surface area contributed by atoms with Gasteiger partial charge < -0.3 is 58.3 Å². The number of thiol groups is 1. The van der Waals surface area contributed by atoms with E-state index in [2.05, 4.69) is 17.4 Å². The quantitative estimate of drug-likeness (QED) is 0.0478. The Morgan fingerprint density at radius 3 is 2.15 bits per heavy atom. The van der Waals surface area contributed by atoms with Crippen LogP contribution in [0.25, 0.3) is 0 Å². The summed E-state index contributed by atoms with van der Waals surface area (Å²) in [5.41, 5.74) is 8.68. The van der Waals surface area contributed by atoms with Crippen molar-refractivity contribution in [3.8, 4) is 23.0 Å². The van der Waals surface area contributed by atoms with Gasteiger partial charge in [-0.25, -0.2) is 0 Å². The number of aliphatic imine (C=N–C) groups is 1. The van der Waals surface area contributed by atoms with Crippen LogP contribution in [0.4, 0.5) is 28.4 Å². The summed E-state index contributed by atoms with van der Waals surface area (Å²) in [5.74, 6) is 1.54. The van der Waals surface area contributed by atoms with Crippen LogP contribution in [-0.2, 0) is 45.1 Å². The minimum absolute atomic E-state index is 0.0314. The molecule has 5 aromatic carbocycles. The standard InChI is InChI=1S/C55H63N5O10S/c1-55(2,71)15-14-52(61)58(16-17-67-20-21-68-19-18-64-3)39-23-35(33-69-50-29-44-42(27-48(50)65-4)53(62)59-40(31-56-44)25-37-10-6-8-12-46(37)59)22-36(24-39)34-70-51-30-45-43(28-49(51)66-5)54(63)60-41(32-57-45)26-38-11-7-9-13-47(38)60/h6-13,22-24,27-31,40-41,53,57,62,71H,14-21,25-26,32-34H2,1-5H3/t40-,41?,53?/m0/s1. The lowest BCUT2D eigenvalue weighted by Crippen LogP contribution is -2.39. The second-order valence-electron chi connectivity index (χ2n) is 18.8. The molecule has 0 spiro atoms. The molecule has 4 aliphatic rings. The van der Waals surface area contributed by atoms with Crippen LogP contribution in [0.2, 0.25) is 0 Å². The number of amides is 2. The molecule has 4 aliphatic heterocycles. The fourth-order valence-electron chi connectivity index (χ4n) is 9.71. The predicted molar refractivity (Wildman–Crippen MR) is 278 cm³/mol. The van der Waals surface area contributed by atoms with E-state index in [4.69, 9.17) is 50.8 Å². The van der Waals surface area contributed by atoms with E-state index in [-0.39, 0.29) is 61.4 Å². The summed E-state index contributed by atoms with van der Waals surface area (Å²) < 4.78 is 41.2. The molecule has 374 valence electrons. The molecule has 5 aromatic rings. The molecule has 9 rings (SSSR count). The zero-order valence-electron chi connectivity index (χ0n) is 41.0. The van der Waals surface area contributed by atoms with Crippen molar-refractivity contribution in [1.82, 2.24) is 0 Å². The second kappa shape index (κ2) is 22.0. The summed E-state index contributed by atoms with van der Waals surface area (Å²) in [7, 11) is 4.75. The highest BCUT2D eigenvalue weighted by molar-refractivity contribution is 7.81. The van der Waals surface area contributed by atoms with Gasteiger partial charge in [0.25, 0.3) is 5.91 Å². The molecule has 0 radical (unpaired) electrons. The van der Waals surface area contributed by atoms with Crippen LogP contribution in [0.3, 0.4) is 0 Å². The van der Waals surface area contributed by atoms with E-state index in [1.807, 2.05) is 90.5 Å². The predicted octanol–water partition coefficient (Wildman–Crippen LogP) is 8.50. The first-order valence-electron chi connectivity index (χ1n) is 24.2. The molecule has 71 heavy (non-hydrogen) atoms. The number of nitrogens with zero attached hydrogens (tertiary/aromatic N) is 4. The molecule has 3 atom stereocenters. The lowest BCUT2D eigenvalue weighted by molar-refractivity contribution is -0.119. The summed E-state index contributed by atoms with van der Waals surface area (Å²) in [6.45, 7) is 6.96. The maximum atomic E-state index is 14.3. The van der Waals surface area contributed by atoms with Gasteiger partial charge in [0.1, 0.15) is 13.2 Å². The number of rotatable bonds is 21. The Kier molecular flexibility index (Phi) is 15.4. The van der Waals surface area contributed by atoms with Gasteiger partial charge in [-0.3, -0.25) is 14.6 Å². The van der Waals surface area contributed by atoms with Gasteiger partial charge in [0.15, 0.2) is 29.2 Å². The topological polar surface area (TPSA) is 153 Å². The lowest BCUT2D eigenvalue weighted by atomic mass is 10.1. The third-order valence-corrected chi connectivity index (χ3v) is 13.5. The van der Waals surface area contributed by atoms with E-state index >= 15 is 0 Å². The molecule has 0 aliphatic carbocycles. The highest BCUT2D eigenvalue weighted by Gasteiger charge is 2.39. The normalized spacial score (nSPS) is 17.5. The molecule has 15 nitrogen and oxygen atoms in total. The first-order valence-corrected chi connectivity index (χ1v) is 24.6. The van der Waals surface area contributed by atoms with Gasteiger partial charge in [0.05, 0.1) is 76.3 Å². The molecular weight excluding hydrogens is 923 g/mol. The van der Waals surface area contributed by atoms with Crippen molar-refractivity contribution in [2.24, 2.45) is 4.99 Å². The van der Waals surface area contributed by atoms with Gasteiger partial charge in [-0.15, -0.1) is 0 Å². The molecule has 2 amide bonds. The number of ether oxygens (including phenoxy) is 7. The van der Waals surface area contributed by atoms with Crippen LogP contribution in [-0.4, -0.2) is 107 Å². The third-order valence-electron chi connectivity index (χ3n) is 13.3. The number of fused-ring (bicyclic) bond motifs is 8. The van der Waals surface area contributed by atoms with Crippen LogP contribution in [0.5, 0.6) is 23.0 Å². The molecule has 2 N–H and O–H groups in total. The highest BCUT2D eigenvalue weighted by atomic mass is 32.1. The monoisotopic (exact) mass is 985 g/mol. The molecule has 4 heterocycles. The fourth-order valence-corrected chi connectivity index (χ4v) is 9.82. The van der Waals surface area contributed by atoms with Gasteiger partial charge >= 0.3 is 0 Å². The number of aliphatic hydroxyl groups is 1. The average molecular weight is 986 g/mol. The van der Waals surface area contributed by atoms with Crippen LogP contribution in [0.1, 0.15) is 71.1 Å². The Bertz CT molecular complexity index is 2760. The number of aliphatic hydroxyl groups excluding tert-OH is 1. The number of hydrogen-bond donors (Lipinski definition) is 3. The largest absolute Gasteiger partial charge is 0.493 e. The first-order chi connectivity index (χ1) is 34.4. The van der Waals surface area contributed by atoms with E-state index in [1.54, 1.807) is 44.4 Å². The van der Waals surface area contributed by atoms with Crippen molar-refractivity contribution in [2.45, 2.75) is 75.8 Å². The molecule has 0 saturated carbocycles. The number of carbonyl (C=O) groups excluding carboxylic acids is 2. The second-order valence-corrected chi connectivity index (χ2v) is 20.0. The van der Waals surface area contributed by atoms with Crippen molar-refractivity contribution < 1.29 is 47.9 Å². The summed E-state index contributed by atoms with van der Waals surface area (Å²) in [5, 5.41) is 15.3. The highest BCUT2D eigenvalue weighted by Crippen LogP contribution is 2.46. The molecule has 0 bridgehead atoms. The number of anilines is 4. The van der Waals surface area contributed by atoms with Gasteiger partial charge in [-0.05, 0) is 77.6 Å². The van der Waals surface area contributed by atoms with Gasteiger partial charge in [-0.2, -0.15) is 12.6 Å². The zero-order chi connectivity index (χ0) is 49.6. The number of carbonyl (C=O) groups is 2. The minimum Gasteiger partial charge on any atom is -0.493 e. The van der Waals surface area contributed by atoms with E-state index in [9.17, 15) is 14.7 Å². The smallest absolute Gasteiger partial charge is 0.260 e. The molecule has 0 aromatic heterocycles. The van der Waals surface area contributed by atoms with E-state index in [0.29, 0.717) is 90.6 Å². The van der Waals surface area contributed by atoms with Crippen LogP contribution in [0, 0.1) is 0 Å². The number of benzene rings is 5. The molecule has 2 unspecified atom stereocenters. The first kappa shape index (κ1) is 49.7. The summed E-state index contributed by atoms with van der Waals surface area (Å²) in [6.07, 6.45) is 3.23.